The predicted molar refractivity (Wildman–Crippen MR) is 149 cm³/mol. The van der Waals surface area contributed by atoms with Gasteiger partial charge in [0, 0.05) is 44.3 Å². The molecule has 2 saturated heterocycles. The molecular weight excluding hydrogens is 514 g/mol. The summed E-state index contributed by atoms with van der Waals surface area (Å²) in [5.74, 6) is -0.214. The average molecular weight is 550 g/mol. The monoisotopic (exact) mass is 549 g/mol. The molecular formula is C26H36ClN5O4S. The fourth-order valence-corrected chi connectivity index (χ4v) is 5.41. The summed E-state index contributed by atoms with van der Waals surface area (Å²) in [5, 5.41) is 6.06. The molecule has 0 aliphatic carbocycles. The number of nitrogens with one attached hydrogen (secondary N) is 2. The Balaban J connectivity index is 1.49. The lowest BCUT2D eigenvalue weighted by molar-refractivity contribution is -0.117. The number of hydrogen-bond donors (Lipinski definition) is 3. The van der Waals surface area contributed by atoms with Gasteiger partial charge in [-0.15, -0.1) is 11.3 Å². The second kappa shape index (κ2) is 12.0. The molecule has 0 radical (unpaired) electrons. The first-order valence-electron chi connectivity index (χ1n) is 12.5. The van der Waals surface area contributed by atoms with E-state index in [-0.39, 0.29) is 36.2 Å². The Labute approximate surface area is 227 Å². The van der Waals surface area contributed by atoms with E-state index in [2.05, 4.69) is 15.5 Å². The molecule has 2 aliphatic heterocycles. The Morgan fingerprint density at radius 3 is 2.68 bits per heavy atom. The number of nitrogens with two attached hydrogens (primary N) is 1. The van der Waals surface area contributed by atoms with Gasteiger partial charge >= 0.3 is 0 Å². The van der Waals surface area contributed by atoms with Crippen LogP contribution in [0.4, 0.5) is 17.1 Å². The molecule has 4 rings (SSSR count). The van der Waals surface area contributed by atoms with Crippen LogP contribution in [0.2, 0.25) is 4.34 Å². The number of halogens is 1. The van der Waals surface area contributed by atoms with Gasteiger partial charge in [-0.25, -0.2) is 0 Å². The van der Waals surface area contributed by atoms with Crippen molar-refractivity contribution in [3.8, 4) is 0 Å². The van der Waals surface area contributed by atoms with Crippen molar-refractivity contribution in [2.75, 3.05) is 54.8 Å². The molecule has 2 aliphatic rings. The highest BCUT2D eigenvalue weighted by molar-refractivity contribution is 7.18. The van der Waals surface area contributed by atoms with Crippen LogP contribution in [0.1, 0.15) is 43.3 Å². The highest BCUT2D eigenvalue weighted by Crippen LogP contribution is 2.34. The van der Waals surface area contributed by atoms with Gasteiger partial charge in [0.1, 0.15) is 13.5 Å². The molecule has 2 fully saturated rings. The predicted octanol–water partition coefficient (Wildman–Crippen LogP) is 3.88. The highest BCUT2D eigenvalue weighted by Gasteiger charge is 2.26. The van der Waals surface area contributed by atoms with Crippen molar-refractivity contribution >= 4 is 51.8 Å². The van der Waals surface area contributed by atoms with Gasteiger partial charge in [-0.2, -0.15) is 0 Å². The number of carbonyl (C=O) groups excluding carboxylic acids is 2. The van der Waals surface area contributed by atoms with Gasteiger partial charge in [0.05, 0.1) is 26.7 Å². The minimum atomic E-state index is -0.280. The number of thiophene rings is 1. The van der Waals surface area contributed by atoms with Gasteiger partial charge < -0.3 is 35.6 Å². The smallest absolute Gasteiger partial charge is 0.261 e. The lowest BCUT2D eigenvalue weighted by Crippen LogP contribution is -2.40. The van der Waals surface area contributed by atoms with E-state index in [0.29, 0.717) is 35.5 Å². The number of ether oxygens (including phenoxy) is 2. The molecule has 9 nitrogen and oxygen atoms in total. The van der Waals surface area contributed by atoms with Crippen molar-refractivity contribution in [2.45, 2.75) is 45.8 Å². The summed E-state index contributed by atoms with van der Waals surface area (Å²) >= 11 is 7.19. The van der Waals surface area contributed by atoms with E-state index in [0.717, 1.165) is 36.6 Å². The third kappa shape index (κ3) is 7.81. The number of rotatable bonds is 7. The van der Waals surface area contributed by atoms with E-state index in [1.165, 1.54) is 11.3 Å². The maximum absolute atomic E-state index is 12.9. The molecule has 2 amide bonds. The van der Waals surface area contributed by atoms with Crippen LogP contribution in [0.15, 0.2) is 30.3 Å². The Bertz CT molecular complexity index is 1100. The van der Waals surface area contributed by atoms with Crippen LogP contribution in [-0.2, 0) is 14.3 Å². The van der Waals surface area contributed by atoms with Gasteiger partial charge in [0.15, 0.2) is 0 Å². The first-order chi connectivity index (χ1) is 17.6. The van der Waals surface area contributed by atoms with E-state index < -0.39 is 0 Å². The number of amides is 2. The molecule has 1 aromatic carbocycles. The number of carbonyl (C=O) groups is 2. The molecule has 2 aromatic rings. The SMILES string of the molecule is CC(C)(C)CC(=O)Nc1cc(N2COCOC(CNC(=O)c3ccc(Cl)s3)C2)ccc1N1CCC(N)C1. The molecule has 0 saturated carbocycles. The van der Waals surface area contributed by atoms with Crippen LogP contribution in [0.3, 0.4) is 0 Å². The van der Waals surface area contributed by atoms with Gasteiger partial charge in [-0.05, 0) is 42.2 Å². The molecule has 0 bridgehead atoms. The van der Waals surface area contributed by atoms with Crippen molar-refractivity contribution in [1.29, 1.82) is 0 Å². The lowest BCUT2D eigenvalue weighted by atomic mass is 9.92. The van der Waals surface area contributed by atoms with Crippen LogP contribution in [0, 0.1) is 5.41 Å². The van der Waals surface area contributed by atoms with E-state index in [9.17, 15) is 9.59 Å². The number of nitrogens with zero attached hydrogens (tertiary/aromatic N) is 2. The number of hydrogen-bond acceptors (Lipinski definition) is 8. The van der Waals surface area contributed by atoms with Gasteiger partial charge in [0.2, 0.25) is 5.91 Å². The molecule has 37 heavy (non-hydrogen) atoms. The fourth-order valence-electron chi connectivity index (χ4n) is 4.46. The molecule has 2 unspecified atom stereocenters. The lowest BCUT2D eigenvalue weighted by Gasteiger charge is -2.28. The molecule has 2 atom stereocenters. The van der Waals surface area contributed by atoms with Gasteiger partial charge in [-0.3, -0.25) is 9.59 Å². The van der Waals surface area contributed by atoms with E-state index in [1.807, 2.05) is 43.9 Å². The van der Waals surface area contributed by atoms with Crippen LogP contribution in [-0.4, -0.2) is 63.7 Å². The minimum absolute atomic E-state index is 0.0286. The van der Waals surface area contributed by atoms with Crippen LogP contribution >= 0.6 is 22.9 Å². The summed E-state index contributed by atoms with van der Waals surface area (Å²) in [5.41, 5.74) is 8.65. The van der Waals surface area contributed by atoms with Crippen molar-refractivity contribution < 1.29 is 19.1 Å². The Kier molecular flexibility index (Phi) is 8.97. The van der Waals surface area contributed by atoms with Crippen molar-refractivity contribution in [1.82, 2.24) is 5.32 Å². The Morgan fingerprint density at radius 1 is 1.19 bits per heavy atom. The molecule has 0 spiro atoms. The second-order valence-corrected chi connectivity index (χ2v) is 12.5. The largest absolute Gasteiger partial charge is 0.368 e. The van der Waals surface area contributed by atoms with Crippen LogP contribution in [0.25, 0.3) is 0 Å². The normalized spacial score (nSPS) is 20.6. The van der Waals surface area contributed by atoms with Crippen molar-refractivity contribution in [3.05, 3.63) is 39.5 Å². The number of anilines is 3. The number of benzene rings is 1. The zero-order valence-electron chi connectivity index (χ0n) is 21.6. The third-order valence-corrected chi connectivity index (χ3v) is 7.45. The first-order valence-corrected chi connectivity index (χ1v) is 13.7. The molecule has 4 N–H and O–H groups in total. The third-order valence-electron chi connectivity index (χ3n) is 6.22. The maximum Gasteiger partial charge on any atom is 0.261 e. The average Bonchev–Trinajstić information content (AvgIpc) is 3.37. The summed E-state index contributed by atoms with van der Waals surface area (Å²) in [6.07, 6.45) is 1.05. The topological polar surface area (TPSA) is 109 Å². The van der Waals surface area contributed by atoms with Crippen LogP contribution in [0.5, 0.6) is 0 Å². The quantitative estimate of drug-likeness (QED) is 0.481. The van der Waals surface area contributed by atoms with Crippen molar-refractivity contribution in [3.63, 3.8) is 0 Å². The molecule has 3 heterocycles. The minimum Gasteiger partial charge on any atom is -0.368 e. The summed E-state index contributed by atoms with van der Waals surface area (Å²) < 4.78 is 12.1. The van der Waals surface area contributed by atoms with Gasteiger partial charge in [-0.1, -0.05) is 32.4 Å². The van der Waals surface area contributed by atoms with Crippen molar-refractivity contribution in [2.24, 2.45) is 11.1 Å². The molecule has 202 valence electrons. The summed E-state index contributed by atoms with van der Waals surface area (Å²) in [7, 11) is 0. The molecule has 1 aromatic heterocycles. The Hall–Kier alpha value is -2.37. The van der Waals surface area contributed by atoms with E-state index >= 15 is 0 Å². The second-order valence-electron chi connectivity index (χ2n) is 10.8. The zero-order chi connectivity index (χ0) is 26.6. The molecule has 11 heteroatoms. The van der Waals surface area contributed by atoms with Gasteiger partial charge in [0.25, 0.3) is 5.91 Å². The maximum atomic E-state index is 12.9. The standard InChI is InChI=1S/C26H36ClN5O4S/c1-26(2,3)11-24(33)30-20-10-18(4-5-21(20)31-9-8-17(28)13-31)32-14-19(36-16-35-15-32)12-29-25(34)22-6-7-23(27)37-22/h4-7,10,17,19H,8-9,11-16,28H2,1-3H3,(H,29,34)(H,30,33). The summed E-state index contributed by atoms with van der Waals surface area (Å²) in [6, 6.07) is 9.57. The summed E-state index contributed by atoms with van der Waals surface area (Å²) in [6.45, 7) is 9.02. The van der Waals surface area contributed by atoms with E-state index in [1.54, 1.807) is 12.1 Å². The van der Waals surface area contributed by atoms with Crippen LogP contribution < -0.4 is 26.2 Å². The fraction of sp³-hybridized carbons (Fsp3) is 0.538. The Morgan fingerprint density at radius 2 is 2.00 bits per heavy atom. The highest BCUT2D eigenvalue weighted by atomic mass is 35.5. The zero-order valence-corrected chi connectivity index (χ0v) is 23.2. The first kappa shape index (κ1) is 27.7. The van der Waals surface area contributed by atoms with E-state index in [4.69, 9.17) is 26.8 Å². The summed E-state index contributed by atoms with van der Waals surface area (Å²) in [4.78, 5) is 30.1.